The number of rotatable bonds is 5. The molecule has 2 aromatic carbocycles. The lowest BCUT2D eigenvalue weighted by Crippen LogP contribution is -2.12. The summed E-state index contributed by atoms with van der Waals surface area (Å²) in [4.78, 5) is 12.1. The molecule has 0 unspecified atom stereocenters. The first-order chi connectivity index (χ1) is 10.8. The second kappa shape index (κ2) is 6.39. The Bertz CT molecular complexity index is 684. The number of benzene rings is 2. The zero-order chi connectivity index (χ0) is 15.4. The summed E-state index contributed by atoms with van der Waals surface area (Å²) in [5.41, 5.74) is 1.72. The number of nitrogens with one attached hydrogen (secondary N) is 1. The first-order valence-electron chi connectivity index (χ1n) is 7.07. The fraction of sp³-hybridized carbons (Fsp3) is 0.235. The van der Waals surface area contributed by atoms with Crippen LogP contribution in [-0.2, 0) is 11.2 Å². The minimum atomic E-state index is -0.0511. The highest BCUT2D eigenvalue weighted by atomic mass is 16.7. The molecule has 0 saturated heterocycles. The Morgan fingerprint density at radius 2 is 2.00 bits per heavy atom. The molecule has 0 spiro atoms. The summed E-state index contributed by atoms with van der Waals surface area (Å²) in [6.45, 7) is 0.223. The van der Waals surface area contributed by atoms with Gasteiger partial charge in [0, 0.05) is 18.2 Å². The topological polar surface area (TPSA) is 56.8 Å². The molecular formula is C17H17NO4. The van der Waals surface area contributed by atoms with E-state index in [9.17, 15) is 4.79 Å². The fourth-order valence-corrected chi connectivity index (χ4v) is 2.36. The molecular weight excluding hydrogens is 282 g/mol. The van der Waals surface area contributed by atoms with Gasteiger partial charge in [0.15, 0.2) is 11.5 Å². The van der Waals surface area contributed by atoms with Crippen LogP contribution in [-0.4, -0.2) is 19.8 Å². The van der Waals surface area contributed by atoms with Gasteiger partial charge < -0.3 is 19.5 Å². The molecule has 0 aromatic heterocycles. The summed E-state index contributed by atoms with van der Waals surface area (Å²) in [5.74, 6) is 2.11. The fourth-order valence-electron chi connectivity index (χ4n) is 2.36. The third-order valence-corrected chi connectivity index (χ3v) is 3.47. The maximum Gasteiger partial charge on any atom is 0.231 e. The molecule has 0 saturated carbocycles. The average Bonchev–Trinajstić information content (AvgIpc) is 3.01. The van der Waals surface area contributed by atoms with Crippen molar-refractivity contribution < 1.29 is 19.0 Å². The van der Waals surface area contributed by atoms with E-state index < -0.39 is 0 Å². The third-order valence-electron chi connectivity index (χ3n) is 3.47. The average molecular weight is 299 g/mol. The Hall–Kier alpha value is -2.69. The Balaban J connectivity index is 1.58. The SMILES string of the molecule is COc1ccccc1CCC(=O)Nc1ccc2c(c1)OCO2. The highest BCUT2D eigenvalue weighted by Gasteiger charge is 2.14. The number of ether oxygens (including phenoxy) is 3. The van der Waals surface area contributed by atoms with Gasteiger partial charge in [-0.05, 0) is 30.2 Å². The van der Waals surface area contributed by atoms with Gasteiger partial charge in [0.1, 0.15) is 5.75 Å². The standard InChI is InChI=1S/C17H17NO4/c1-20-14-5-3-2-4-12(14)6-9-17(19)18-13-7-8-15-16(10-13)22-11-21-15/h2-5,7-8,10H,6,9,11H2,1H3,(H,18,19). The van der Waals surface area contributed by atoms with Gasteiger partial charge in [0.25, 0.3) is 0 Å². The molecule has 1 aliphatic heterocycles. The molecule has 5 nitrogen and oxygen atoms in total. The predicted molar refractivity (Wildman–Crippen MR) is 82.5 cm³/mol. The van der Waals surface area contributed by atoms with Crippen molar-refractivity contribution in [1.82, 2.24) is 0 Å². The van der Waals surface area contributed by atoms with E-state index in [1.165, 1.54) is 0 Å². The van der Waals surface area contributed by atoms with E-state index >= 15 is 0 Å². The number of para-hydroxylation sites is 1. The van der Waals surface area contributed by atoms with E-state index in [0.29, 0.717) is 30.0 Å². The quantitative estimate of drug-likeness (QED) is 0.922. The lowest BCUT2D eigenvalue weighted by molar-refractivity contribution is -0.116. The minimum absolute atomic E-state index is 0.0511. The summed E-state index contributed by atoms with van der Waals surface area (Å²) in [6.07, 6.45) is 1.01. The van der Waals surface area contributed by atoms with E-state index in [0.717, 1.165) is 11.3 Å². The largest absolute Gasteiger partial charge is 0.496 e. The molecule has 3 rings (SSSR count). The maximum atomic E-state index is 12.1. The van der Waals surface area contributed by atoms with Crippen molar-refractivity contribution in [1.29, 1.82) is 0 Å². The van der Waals surface area contributed by atoms with Crippen LogP contribution in [0.1, 0.15) is 12.0 Å². The van der Waals surface area contributed by atoms with Crippen LogP contribution in [0.25, 0.3) is 0 Å². The van der Waals surface area contributed by atoms with Crippen molar-refractivity contribution in [3.05, 3.63) is 48.0 Å². The van der Waals surface area contributed by atoms with Crippen LogP contribution in [0, 0.1) is 0 Å². The Morgan fingerprint density at radius 1 is 1.18 bits per heavy atom. The highest BCUT2D eigenvalue weighted by molar-refractivity contribution is 5.91. The number of hydrogen-bond acceptors (Lipinski definition) is 4. The Morgan fingerprint density at radius 3 is 2.86 bits per heavy atom. The molecule has 0 aliphatic carbocycles. The summed E-state index contributed by atoms with van der Waals surface area (Å²) >= 11 is 0. The summed E-state index contributed by atoms with van der Waals surface area (Å²) in [5, 5.41) is 2.86. The molecule has 22 heavy (non-hydrogen) atoms. The molecule has 0 radical (unpaired) electrons. The predicted octanol–water partition coefficient (Wildman–Crippen LogP) is 3.00. The number of amides is 1. The van der Waals surface area contributed by atoms with Gasteiger partial charge >= 0.3 is 0 Å². The second-order valence-corrected chi connectivity index (χ2v) is 4.93. The first-order valence-corrected chi connectivity index (χ1v) is 7.07. The number of carbonyl (C=O) groups excluding carboxylic acids is 1. The van der Waals surface area contributed by atoms with E-state index in [-0.39, 0.29) is 12.7 Å². The van der Waals surface area contributed by atoms with Crippen molar-refractivity contribution in [3.63, 3.8) is 0 Å². The lowest BCUT2D eigenvalue weighted by atomic mass is 10.1. The van der Waals surface area contributed by atoms with Gasteiger partial charge in [-0.3, -0.25) is 4.79 Å². The Kier molecular flexibility index (Phi) is 4.14. The first kappa shape index (κ1) is 14.3. The number of carbonyl (C=O) groups is 1. The smallest absolute Gasteiger partial charge is 0.231 e. The molecule has 114 valence electrons. The number of fused-ring (bicyclic) bond motifs is 1. The van der Waals surface area contributed by atoms with E-state index in [1.807, 2.05) is 24.3 Å². The van der Waals surface area contributed by atoms with Crippen molar-refractivity contribution in [2.45, 2.75) is 12.8 Å². The Labute approximate surface area is 128 Å². The molecule has 0 atom stereocenters. The van der Waals surface area contributed by atoms with Crippen molar-refractivity contribution in [2.75, 3.05) is 19.2 Å². The van der Waals surface area contributed by atoms with E-state index in [1.54, 1.807) is 25.3 Å². The van der Waals surface area contributed by atoms with Crippen LogP contribution in [0.5, 0.6) is 17.2 Å². The van der Waals surface area contributed by atoms with Crippen LogP contribution >= 0.6 is 0 Å². The minimum Gasteiger partial charge on any atom is -0.496 e. The molecule has 0 fully saturated rings. The molecule has 2 aromatic rings. The summed E-state index contributed by atoms with van der Waals surface area (Å²) in [7, 11) is 1.63. The zero-order valence-electron chi connectivity index (χ0n) is 12.3. The molecule has 5 heteroatoms. The van der Waals surface area contributed by atoms with Crippen LogP contribution in [0.15, 0.2) is 42.5 Å². The van der Waals surface area contributed by atoms with Crippen LogP contribution < -0.4 is 19.5 Å². The maximum absolute atomic E-state index is 12.1. The van der Waals surface area contributed by atoms with Gasteiger partial charge in [0.2, 0.25) is 12.7 Å². The molecule has 1 aliphatic rings. The van der Waals surface area contributed by atoms with Crippen LogP contribution in [0.2, 0.25) is 0 Å². The van der Waals surface area contributed by atoms with Crippen molar-refractivity contribution in [2.24, 2.45) is 0 Å². The van der Waals surface area contributed by atoms with E-state index in [2.05, 4.69) is 5.32 Å². The highest BCUT2D eigenvalue weighted by Crippen LogP contribution is 2.34. The van der Waals surface area contributed by atoms with Gasteiger partial charge in [-0.1, -0.05) is 18.2 Å². The summed E-state index contributed by atoms with van der Waals surface area (Å²) in [6, 6.07) is 13.1. The van der Waals surface area contributed by atoms with Crippen LogP contribution in [0.4, 0.5) is 5.69 Å². The number of methoxy groups -OCH3 is 1. The normalized spacial score (nSPS) is 12.0. The van der Waals surface area contributed by atoms with Gasteiger partial charge in [-0.25, -0.2) is 0 Å². The number of aryl methyl sites for hydroxylation is 1. The molecule has 1 amide bonds. The molecule has 0 bridgehead atoms. The summed E-state index contributed by atoms with van der Waals surface area (Å²) < 4.78 is 15.8. The van der Waals surface area contributed by atoms with Gasteiger partial charge in [-0.15, -0.1) is 0 Å². The molecule has 1 N–H and O–H groups in total. The molecule has 1 heterocycles. The van der Waals surface area contributed by atoms with Gasteiger partial charge in [0.05, 0.1) is 7.11 Å². The third kappa shape index (κ3) is 3.14. The van der Waals surface area contributed by atoms with Crippen LogP contribution in [0.3, 0.4) is 0 Å². The van der Waals surface area contributed by atoms with E-state index in [4.69, 9.17) is 14.2 Å². The number of anilines is 1. The van der Waals surface area contributed by atoms with Crippen molar-refractivity contribution in [3.8, 4) is 17.2 Å². The number of hydrogen-bond donors (Lipinski definition) is 1. The van der Waals surface area contributed by atoms with Gasteiger partial charge in [-0.2, -0.15) is 0 Å². The van der Waals surface area contributed by atoms with Crippen molar-refractivity contribution >= 4 is 11.6 Å². The zero-order valence-corrected chi connectivity index (χ0v) is 12.3. The monoisotopic (exact) mass is 299 g/mol. The second-order valence-electron chi connectivity index (χ2n) is 4.93. The lowest BCUT2D eigenvalue weighted by Gasteiger charge is -2.09.